The molecule has 7 nitrogen and oxygen atoms in total. The molecule has 4 rings (SSSR count). The first-order valence-corrected chi connectivity index (χ1v) is 10.5. The maximum Gasteiger partial charge on any atom is 0.270 e. The molecule has 2 unspecified atom stereocenters. The van der Waals surface area contributed by atoms with Gasteiger partial charge in [-0.3, -0.25) is 10.1 Å². The Morgan fingerprint density at radius 3 is 2.44 bits per heavy atom. The Bertz CT molecular complexity index is 956. The van der Waals surface area contributed by atoms with Gasteiger partial charge >= 0.3 is 0 Å². The van der Waals surface area contributed by atoms with E-state index < -0.39 is 14.9 Å². The second-order valence-electron chi connectivity index (χ2n) is 7.05. The number of anilines is 1. The summed E-state index contributed by atoms with van der Waals surface area (Å²) in [5.74, 6) is 0.323. The Morgan fingerprint density at radius 1 is 1.07 bits per heavy atom. The quantitative estimate of drug-likeness (QED) is 0.606. The molecule has 0 aromatic heterocycles. The lowest BCUT2D eigenvalue weighted by Crippen LogP contribution is -2.28. The van der Waals surface area contributed by atoms with E-state index in [1.54, 1.807) is 0 Å². The molecule has 8 heteroatoms. The molecule has 0 radical (unpaired) electrons. The average molecular weight is 387 g/mol. The minimum absolute atomic E-state index is 0.00249. The van der Waals surface area contributed by atoms with Crippen LogP contribution in [0.25, 0.3) is 0 Å². The predicted molar refractivity (Wildman–Crippen MR) is 102 cm³/mol. The molecule has 2 aromatic rings. The van der Waals surface area contributed by atoms with Crippen LogP contribution < -0.4 is 5.32 Å². The van der Waals surface area contributed by atoms with E-state index >= 15 is 0 Å². The van der Waals surface area contributed by atoms with Crippen LogP contribution in [0.4, 0.5) is 11.4 Å². The summed E-state index contributed by atoms with van der Waals surface area (Å²) in [6.45, 7) is 0.918. The number of hydrogen-bond acceptors (Lipinski definition) is 5. The van der Waals surface area contributed by atoms with Crippen molar-refractivity contribution < 1.29 is 13.3 Å². The third kappa shape index (κ3) is 3.54. The summed E-state index contributed by atoms with van der Waals surface area (Å²) in [5.41, 5.74) is 1.44. The van der Waals surface area contributed by atoms with Gasteiger partial charge in [0.05, 0.1) is 10.6 Å². The smallest absolute Gasteiger partial charge is 0.270 e. The Labute approximate surface area is 158 Å². The topological polar surface area (TPSA) is 92.5 Å². The highest BCUT2D eigenvalue weighted by atomic mass is 32.2. The highest BCUT2D eigenvalue weighted by Crippen LogP contribution is 2.44. The van der Waals surface area contributed by atoms with Crippen molar-refractivity contribution in [1.29, 1.82) is 0 Å². The van der Waals surface area contributed by atoms with Crippen LogP contribution in [0.5, 0.6) is 0 Å². The molecule has 0 amide bonds. The van der Waals surface area contributed by atoms with Crippen LogP contribution in [0, 0.1) is 10.1 Å². The minimum atomic E-state index is -3.76. The predicted octanol–water partition coefficient (Wildman–Crippen LogP) is 3.35. The van der Waals surface area contributed by atoms with Crippen molar-refractivity contribution in [2.75, 3.05) is 18.4 Å². The Balaban J connectivity index is 1.63. The fourth-order valence-electron chi connectivity index (χ4n) is 3.65. The summed E-state index contributed by atoms with van der Waals surface area (Å²) in [4.78, 5) is 10.6. The van der Waals surface area contributed by atoms with E-state index in [0.29, 0.717) is 24.7 Å². The van der Waals surface area contributed by atoms with Gasteiger partial charge in [0.1, 0.15) is 4.90 Å². The normalized spacial score (nSPS) is 22.5. The summed E-state index contributed by atoms with van der Waals surface area (Å²) < 4.78 is 27.5. The molecule has 2 fully saturated rings. The molecule has 1 N–H and O–H groups in total. The van der Waals surface area contributed by atoms with Gasteiger partial charge < -0.3 is 5.32 Å². The molecule has 2 aliphatic rings. The minimum Gasteiger partial charge on any atom is -0.381 e. The van der Waals surface area contributed by atoms with Crippen molar-refractivity contribution in [3.8, 4) is 0 Å². The van der Waals surface area contributed by atoms with Gasteiger partial charge in [0.25, 0.3) is 5.69 Å². The molecule has 1 saturated heterocycles. The number of benzene rings is 2. The van der Waals surface area contributed by atoms with Gasteiger partial charge in [-0.05, 0) is 30.9 Å². The van der Waals surface area contributed by atoms with E-state index in [1.807, 2.05) is 18.2 Å². The summed E-state index contributed by atoms with van der Waals surface area (Å²) in [7, 11) is -3.76. The summed E-state index contributed by atoms with van der Waals surface area (Å²) >= 11 is 0. The van der Waals surface area contributed by atoms with E-state index in [2.05, 4.69) is 17.4 Å². The lowest BCUT2D eigenvalue weighted by Gasteiger charge is -2.19. The Kier molecular flexibility index (Phi) is 4.61. The van der Waals surface area contributed by atoms with E-state index in [0.717, 1.165) is 19.3 Å². The van der Waals surface area contributed by atoms with Gasteiger partial charge in [-0.2, -0.15) is 4.31 Å². The lowest BCUT2D eigenvalue weighted by molar-refractivity contribution is -0.385. The lowest BCUT2D eigenvalue weighted by atomic mass is 10.1. The van der Waals surface area contributed by atoms with Crippen LogP contribution in [-0.4, -0.2) is 36.8 Å². The molecule has 2 aromatic carbocycles. The van der Waals surface area contributed by atoms with Crippen LogP contribution in [-0.2, 0) is 10.0 Å². The first kappa shape index (κ1) is 17.9. The first-order valence-electron chi connectivity index (χ1n) is 9.07. The highest BCUT2D eigenvalue weighted by Gasteiger charge is 2.40. The molecule has 0 spiro atoms. The number of rotatable bonds is 6. The molecule has 2 atom stereocenters. The van der Waals surface area contributed by atoms with Gasteiger partial charge in [-0.15, -0.1) is 0 Å². The van der Waals surface area contributed by atoms with Crippen molar-refractivity contribution in [3.63, 3.8) is 0 Å². The van der Waals surface area contributed by atoms with Crippen LogP contribution in [0.1, 0.15) is 30.7 Å². The van der Waals surface area contributed by atoms with Crippen LogP contribution in [0.15, 0.2) is 53.4 Å². The maximum atomic E-state index is 13.0. The SMILES string of the molecule is O=[N+]([O-])c1ccc(NC2CC2c2ccccc2)c(S(=O)(=O)N2CCCC2)c1. The fourth-order valence-corrected chi connectivity index (χ4v) is 5.34. The second-order valence-corrected chi connectivity index (χ2v) is 8.96. The van der Waals surface area contributed by atoms with Crippen molar-refractivity contribution in [2.24, 2.45) is 0 Å². The molecule has 0 bridgehead atoms. The number of nitro groups is 1. The number of sulfonamides is 1. The van der Waals surface area contributed by atoms with E-state index in [4.69, 9.17) is 0 Å². The van der Waals surface area contributed by atoms with E-state index in [1.165, 1.54) is 28.1 Å². The number of hydrogen-bond donors (Lipinski definition) is 1. The average Bonchev–Trinajstić information content (AvgIpc) is 3.19. The third-order valence-corrected chi connectivity index (χ3v) is 7.16. The monoisotopic (exact) mass is 387 g/mol. The highest BCUT2D eigenvalue weighted by molar-refractivity contribution is 7.89. The maximum absolute atomic E-state index is 13.0. The van der Waals surface area contributed by atoms with E-state index in [-0.39, 0.29) is 16.6 Å². The summed E-state index contributed by atoms with van der Waals surface area (Å²) in [6.07, 6.45) is 2.54. The standard InChI is InChI=1S/C19H21N3O4S/c23-22(24)15-8-9-17(19(12-15)27(25,26)21-10-4-5-11-21)20-18-13-16(18)14-6-2-1-3-7-14/h1-3,6-9,12,16,18,20H,4-5,10-11,13H2. The summed E-state index contributed by atoms with van der Waals surface area (Å²) in [5, 5.41) is 14.5. The van der Waals surface area contributed by atoms with Gasteiger partial charge in [-0.1, -0.05) is 30.3 Å². The molecular weight excluding hydrogens is 366 g/mol. The largest absolute Gasteiger partial charge is 0.381 e. The summed E-state index contributed by atoms with van der Waals surface area (Å²) in [6, 6.07) is 14.2. The second kappa shape index (κ2) is 6.94. The Hall–Kier alpha value is -2.45. The van der Waals surface area contributed by atoms with E-state index in [9.17, 15) is 18.5 Å². The number of nitrogens with zero attached hydrogens (tertiary/aromatic N) is 2. The molecular formula is C19H21N3O4S. The van der Waals surface area contributed by atoms with Crippen molar-refractivity contribution in [2.45, 2.75) is 36.1 Å². The first-order chi connectivity index (χ1) is 13.0. The number of nitro benzene ring substituents is 1. The van der Waals surface area contributed by atoms with Crippen LogP contribution in [0.2, 0.25) is 0 Å². The molecule has 1 aliphatic carbocycles. The van der Waals surface area contributed by atoms with Gasteiger partial charge in [0.2, 0.25) is 10.0 Å². The zero-order valence-electron chi connectivity index (χ0n) is 14.7. The number of nitrogens with one attached hydrogen (secondary N) is 1. The van der Waals surface area contributed by atoms with Gasteiger partial charge in [0.15, 0.2) is 0 Å². The van der Waals surface area contributed by atoms with Crippen molar-refractivity contribution in [1.82, 2.24) is 4.31 Å². The Morgan fingerprint density at radius 2 is 1.78 bits per heavy atom. The zero-order chi connectivity index (χ0) is 19.0. The molecule has 1 heterocycles. The van der Waals surface area contributed by atoms with Crippen LogP contribution >= 0.6 is 0 Å². The molecule has 1 saturated carbocycles. The zero-order valence-corrected chi connectivity index (χ0v) is 15.6. The molecule has 142 valence electrons. The number of non-ortho nitro benzene ring substituents is 1. The van der Waals surface area contributed by atoms with Crippen molar-refractivity contribution in [3.05, 3.63) is 64.2 Å². The third-order valence-electron chi connectivity index (χ3n) is 5.22. The van der Waals surface area contributed by atoms with Crippen molar-refractivity contribution >= 4 is 21.4 Å². The fraction of sp³-hybridized carbons (Fsp3) is 0.368. The van der Waals surface area contributed by atoms with Crippen LogP contribution in [0.3, 0.4) is 0 Å². The van der Waals surface area contributed by atoms with Gasteiger partial charge in [-0.25, -0.2) is 8.42 Å². The molecule has 1 aliphatic heterocycles. The molecule has 27 heavy (non-hydrogen) atoms. The van der Waals surface area contributed by atoms with Gasteiger partial charge in [0, 0.05) is 37.2 Å².